The van der Waals surface area contributed by atoms with E-state index in [4.69, 9.17) is 0 Å². The lowest BCUT2D eigenvalue weighted by Gasteiger charge is -2.58. The number of rotatable bonds is 2. The quantitative estimate of drug-likeness (QED) is 0.696. The molecule has 4 aliphatic rings. The molecule has 144 valence electrons. The second kappa shape index (κ2) is 5.73. The first-order valence-corrected chi connectivity index (χ1v) is 9.95. The zero-order valence-corrected chi connectivity index (χ0v) is 15.7. The van der Waals surface area contributed by atoms with Gasteiger partial charge in [-0.3, -0.25) is 9.59 Å². The van der Waals surface area contributed by atoms with Crippen LogP contribution in [0.4, 0.5) is 0 Å². The first-order valence-electron chi connectivity index (χ1n) is 9.95. The third kappa shape index (κ3) is 2.14. The molecule has 0 saturated heterocycles. The van der Waals surface area contributed by atoms with Gasteiger partial charge in [0.25, 0.3) is 0 Å². The minimum absolute atomic E-state index is 0.0951. The van der Waals surface area contributed by atoms with Gasteiger partial charge in [0.15, 0.2) is 5.78 Å². The molecule has 0 aromatic carbocycles. The summed E-state index contributed by atoms with van der Waals surface area (Å²) in [6.45, 7) is 3.58. The predicted octanol–water partition coefficient (Wildman–Crippen LogP) is 1.78. The van der Waals surface area contributed by atoms with E-state index in [0.29, 0.717) is 12.8 Å². The van der Waals surface area contributed by atoms with Crippen molar-refractivity contribution in [2.24, 2.45) is 28.6 Å². The Morgan fingerprint density at radius 3 is 2.62 bits per heavy atom. The number of ketones is 2. The van der Waals surface area contributed by atoms with E-state index in [1.54, 1.807) is 6.08 Å². The van der Waals surface area contributed by atoms with Crippen molar-refractivity contribution in [1.29, 1.82) is 0 Å². The van der Waals surface area contributed by atoms with E-state index < -0.39 is 23.7 Å². The van der Waals surface area contributed by atoms with E-state index in [1.807, 2.05) is 6.92 Å². The molecule has 0 aliphatic heterocycles. The smallest absolute Gasteiger partial charge is 0.155 e. The molecular weight excluding hydrogens is 332 g/mol. The maximum Gasteiger partial charge on any atom is 0.155 e. The number of aliphatic hydroxyl groups is 3. The summed E-state index contributed by atoms with van der Waals surface area (Å²) < 4.78 is 0. The summed E-state index contributed by atoms with van der Waals surface area (Å²) in [6, 6.07) is 0. The van der Waals surface area contributed by atoms with E-state index in [-0.39, 0.29) is 41.2 Å². The van der Waals surface area contributed by atoms with Gasteiger partial charge in [-0.25, -0.2) is 0 Å². The lowest BCUT2D eigenvalue weighted by Crippen LogP contribution is -2.62. The van der Waals surface area contributed by atoms with Crippen molar-refractivity contribution in [3.63, 3.8) is 0 Å². The number of carbonyl (C=O) groups is 2. The highest BCUT2D eigenvalue weighted by Gasteiger charge is 2.68. The summed E-state index contributed by atoms with van der Waals surface area (Å²) in [5, 5.41) is 31.0. The van der Waals surface area contributed by atoms with Crippen molar-refractivity contribution in [2.75, 3.05) is 6.61 Å². The van der Waals surface area contributed by atoms with Gasteiger partial charge in [0.05, 0.1) is 12.2 Å². The number of hydrogen-bond donors (Lipinski definition) is 3. The summed E-state index contributed by atoms with van der Waals surface area (Å²) in [6.07, 6.45) is 4.93. The van der Waals surface area contributed by atoms with Gasteiger partial charge in [0.1, 0.15) is 11.9 Å². The zero-order chi connectivity index (χ0) is 18.9. The average molecular weight is 362 g/mol. The van der Waals surface area contributed by atoms with Gasteiger partial charge in [-0.2, -0.15) is 0 Å². The van der Waals surface area contributed by atoms with Gasteiger partial charge in [0.2, 0.25) is 0 Å². The molecule has 6 unspecified atom stereocenters. The molecule has 4 rings (SSSR count). The number of carbonyl (C=O) groups excluding carboxylic acids is 2. The van der Waals surface area contributed by atoms with Crippen LogP contribution in [0.1, 0.15) is 58.8 Å². The third-order valence-corrected chi connectivity index (χ3v) is 8.59. The van der Waals surface area contributed by atoms with E-state index >= 15 is 0 Å². The Morgan fingerprint density at radius 1 is 1.19 bits per heavy atom. The highest BCUT2D eigenvalue weighted by atomic mass is 16.4. The maximum atomic E-state index is 13.3. The lowest BCUT2D eigenvalue weighted by atomic mass is 9.45. The lowest BCUT2D eigenvalue weighted by molar-refractivity contribution is -0.187. The number of Topliss-reactive ketones (excluding diaryl/α,β-unsaturated/α-hetero) is 1. The van der Waals surface area contributed by atoms with Crippen molar-refractivity contribution in [2.45, 2.75) is 70.5 Å². The second-order valence-corrected chi connectivity index (χ2v) is 9.56. The topological polar surface area (TPSA) is 94.8 Å². The van der Waals surface area contributed by atoms with Gasteiger partial charge in [-0.05, 0) is 55.4 Å². The van der Waals surface area contributed by atoms with E-state index in [2.05, 4.69) is 6.92 Å². The Morgan fingerprint density at radius 2 is 1.92 bits per heavy atom. The van der Waals surface area contributed by atoms with E-state index in [0.717, 1.165) is 31.3 Å². The molecule has 5 nitrogen and oxygen atoms in total. The maximum absolute atomic E-state index is 13.3. The van der Waals surface area contributed by atoms with Crippen LogP contribution in [-0.2, 0) is 9.59 Å². The van der Waals surface area contributed by atoms with Gasteiger partial charge >= 0.3 is 0 Å². The molecule has 0 spiro atoms. The van der Waals surface area contributed by atoms with Crippen LogP contribution in [0, 0.1) is 28.6 Å². The molecule has 3 fully saturated rings. The first kappa shape index (κ1) is 18.3. The summed E-state index contributed by atoms with van der Waals surface area (Å²) >= 11 is 0. The molecule has 7 atom stereocenters. The summed E-state index contributed by atoms with van der Waals surface area (Å²) in [4.78, 5) is 25.2. The Hall–Kier alpha value is -1.04. The van der Waals surface area contributed by atoms with Gasteiger partial charge in [-0.1, -0.05) is 19.4 Å². The highest BCUT2D eigenvalue weighted by Crippen LogP contribution is 2.66. The van der Waals surface area contributed by atoms with Crippen molar-refractivity contribution in [3.8, 4) is 0 Å². The Kier molecular flexibility index (Phi) is 4.04. The van der Waals surface area contributed by atoms with Crippen LogP contribution in [0.15, 0.2) is 11.6 Å². The van der Waals surface area contributed by atoms with E-state index in [9.17, 15) is 24.9 Å². The summed E-state index contributed by atoms with van der Waals surface area (Å²) in [5.74, 6) is 0.568. The molecule has 0 bridgehead atoms. The molecule has 3 N–H and O–H groups in total. The molecule has 0 amide bonds. The van der Waals surface area contributed by atoms with Crippen molar-refractivity contribution in [1.82, 2.24) is 0 Å². The van der Waals surface area contributed by atoms with Crippen molar-refractivity contribution in [3.05, 3.63) is 11.6 Å². The number of aliphatic hydroxyl groups excluding tert-OH is 2. The second-order valence-electron chi connectivity index (χ2n) is 9.56. The fourth-order valence-corrected chi connectivity index (χ4v) is 7.12. The van der Waals surface area contributed by atoms with Gasteiger partial charge in [0, 0.05) is 24.2 Å². The minimum Gasteiger partial charge on any atom is -0.394 e. The predicted molar refractivity (Wildman–Crippen MR) is 95.1 cm³/mol. The van der Waals surface area contributed by atoms with Crippen LogP contribution in [-0.4, -0.2) is 45.2 Å². The van der Waals surface area contributed by atoms with Crippen LogP contribution in [0.25, 0.3) is 0 Å². The van der Waals surface area contributed by atoms with E-state index in [1.165, 1.54) is 0 Å². The molecule has 0 aromatic rings. The Balaban J connectivity index is 1.74. The van der Waals surface area contributed by atoms with Gasteiger partial charge < -0.3 is 15.3 Å². The summed E-state index contributed by atoms with van der Waals surface area (Å²) in [7, 11) is 0. The molecule has 26 heavy (non-hydrogen) atoms. The van der Waals surface area contributed by atoms with Crippen LogP contribution >= 0.6 is 0 Å². The number of hydrogen-bond acceptors (Lipinski definition) is 5. The van der Waals surface area contributed by atoms with Crippen LogP contribution in [0.5, 0.6) is 0 Å². The Bertz CT molecular complexity index is 684. The molecule has 5 heteroatoms. The average Bonchev–Trinajstić information content (AvgIpc) is 2.86. The van der Waals surface area contributed by atoms with Crippen LogP contribution in [0.2, 0.25) is 0 Å². The van der Waals surface area contributed by atoms with Crippen LogP contribution < -0.4 is 0 Å². The number of fused-ring (bicyclic) bond motifs is 5. The van der Waals surface area contributed by atoms with Crippen molar-refractivity contribution < 1.29 is 24.9 Å². The monoisotopic (exact) mass is 362 g/mol. The minimum atomic E-state index is -1.41. The fourth-order valence-electron chi connectivity index (χ4n) is 7.12. The molecular formula is C21H30O5. The highest BCUT2D eigenvalue weighted by molar-refractivity contribution is 5.93. The fraction of sp³-hybridized carbons (Fsp3) is 0.810. The zero-order valence-electron chi connectivity index (χ0n) is 15.7. The largest absolute Gasteiger partial charge is 0.394 e. The third-order valence-electron chi connectivity index (χ3n) is 8.59. The molecule has 3 saturated carbocycles. The van der Waals surface area contributed by atoms with Crippen molar-refractivity contribution >= 4 is 11.6 Å². The molecule has 4 aliphatic carbocycles. The van der Waals surface area contributed by atoms with Crippen LogP contribution in [0.3, 0.4) is 0 Å². The SMILES string of the molecule is CC12CCC(=O)C=C1CCC1C2C(=O)CC2(C)C1CC[C@]2(O)C(O)CO. The Labute approximate surface area is 154 Å². The van der Waals surface area contributed by atoms with Gasteiger partial charge in [-0.15, -0.1) is 0 Å². The summed E-state index contributed by atoms with van der Waals surface area (Å²) in [5.41, 5.74) is -1.22. The molecule has 0 radical (unpaired) electrons. The number of allylic oxidation sites excluding steroid dienone is 1. The first-order chi connectivity index (χ1) is 12.2. The standard InChI is InChI=1S/C21H30O5/c1-19-7-5-13(23)9-12(19)3-4-14-15-6-8-21(26,17(25)11-22)20(15,2)10-16(24)18(14)19/h9,14-15,17-18,22,25-26H,3-8,10-11H2,1-2H3/t14?,15?,17?,18?,19?,20?,21-/m0/s1. The molecule has 0 heterocycles. The normalized spacial score (nSPS) is 49.1. The molecule has 0 aromatic heterocycles.